The molecule has 0 spiro atoms. The van der Waals surface area contributed by atoms with Gasteiger partial charge in [0.25, 0.3) is 17.5 Å². The molecule has 0 radical (unpaired) electrons. The third-order valence-corrected chi connectivity index (χ3v) is 3.13. The van der Waals surface area contributed by atoms with E-state index in [0.717, 1.165) is 11.6 Å². The second-order valence-corrected chi connectivity index (χ2v) is 5.08. The highest BCUT2D eigenvalue weighted by atomic mass is 35.5. The van der Waals surface area contributed by atoms with Gasteiger partial charge in [-0.05, 0) is 29.8 Å². The van der Waals surface area contributed by atoms with Crippen LogP contribution in [0.25, 0.3) is 6.08 Å². The lowest BCUT2D eigenvalue weighted by atomic mass is 10.2. The first-order chi connectivity index (χ1) is 11.5. The van der Waals surface area contributed by atoms with Crippen LogP contribution < -0.4 is 10.9 Å². The maximum atomic E-state index is 11.9. The zero-order valence-corrected chi connectivity index (χ0v) is 13.0. The molecular weight excluding hydrogens is 334 g/mol. The predicted octanol–water partition coefficient (Wildman–Crippen LogP) is 2.72. The average molecular weight is 346 g/mol. The van der Waals surface area contributed by atoms with Gasteiger partial charge in [0, 0.05) is 28.8 Å². The molecule has 2 amide bonds. The Labute approximate surface area is 142 Å². The number of non-ortho nitro benzene ring substituents is 1. The summed E-state index contributed by atoms with van der Waals surface area (Å²) in [4.78, 5) is 33.6. The molecule has 0 heterocycles. The fourth-order valence-corrected chi connectivity index (χ4v) is 1.97. The van der Waals surface area contributed by atoms with Crippen LogP contribution in [0.3, 0.4) is 0 Å². The molecule has 0 saturated heterocycles. The highest BCUT2D eigenvalue weighted by molar-refractivity contribution is 6.30. The summed E-state index contributed by atoms with van der Waals surface area (Å²) in [5, 5.41) is 11.2. The number of nitrogens with zero attached hydrogens (tertiary/aromatic N) is 1. The van der Waals surface area contributed by atoms with Gasteiger partial charge in [-0.1, -0.05) is 29.8 Å². The van der Waals surface area contributed by atoms with E-state index in [2.05, 4.69) is 10.9 Å². The zero-order valence-electron chi connectivity index (χ0n) is 12.2. The molecule has 2 rings (SSSR count). The number of nitro groups is 1. The van der Waals surface area contributed by atoms with Gasteiger partial charge in [-0.15, -0.1) is 0 Å². The number of carbonyl (C=O) groups is 2. The van der Waals surface area contributed by atoms with Gasteiger partial charge in [0.05, 0.1) is 4.92 Å². The van der Waals surface area contributed by atoms with E-state index in [1.165, 1.54) is 30.4 Å². The minimum absolute atomic E-state index is 0.0586. The number of rotatable bonds is 4. The van der Waals surface area contributed by atoms with Crippen LogP contribution in [0.5, 0.6) is 0 Å². The standard InChI is InChI=1S/C16H12ClN3O4/c17-13-5-1-3-11(9-13)7-8-15(21)18-19-16(22)12-4-2-6-14(10-12)20(23)24/h1-10H,(H,18,21)(H,19,22)/b8-7+. The Kier molecular flexibility index (Phi) is 5.64. The van der Waals surface area contributed by atoms with E-state index in [0.29, 0.717) is 5.02 Å². The number of halogens is 1. The molecule has 0 aromatic heterocycles. The Morgan fingerprint density at radius 1 is 1.08 bits per heavy atom. The van der Waals surface area contributed by atoms with Gasteiger partial charge in [0.15, 0.2) is 0 Å². The van der Waals surface area contributed by atoms with Crippen molar-refractivity contribution >= 4 is 35.2 Å². The number of nitro benzene ring substituents is 1. The molecule has 24 heavy (non-hydrogen) atoms. The van der Waals surface area contributed by atoms with Crippen molar-refractivity contribution in [2.24, 2.45) is 0 Å². The van der Waals surface area contributed by atoms with E-state index >= 15 is 0 Å². The quantitative estimate of drug-likeness (QED) is 0.505. The van der Waals surface area contributed by atoms with Gasteiger partial charge in [-0.3, -0.25) is 30.6 Å². The minimum atomic E-state index is -0.664. The zero-order chi connectivity index (χ0) is 17.5. The van der Waals surface area contributed by atoms with Crippen molar-refractivity contribution in [3.63, 3.8) is 0 Å². The number of nitrogens with one attached hydrogen (secondary N) is 2. The first kappa shape index (κ1) is 17.2. The first-order valence-electron chi connectivity index (χ1n) is 6.74. The monoisotopic (exact) mass is 345 g/mol. The number of hydrogen-bond acceptors (Lipinski definition) is 4. The van der Waals surface area contributed by atoms with Crippen molar-refractivity contribution in [1.29, 1.82) is 0 Å². The fraction of sp³-hybridized carbons (Fsp3) is 0. The first-order valence-corrected chi connectivity index (χ1v) is 7.12. The number of benzene rings is 2. The molecular formula is C16H12ClN3O4. The lowest BCUT2D eigenvalue weighted by Gasteiger charge is -2.05. The lowest BCUT2D eigenvalue weighted by molar-refractivity contribution is -0.384. The van der Waals surface area contributed by atoms with E-state index < -0.39 is 16.7 Å². The molecule has 2 aromatic rings. The summed E-state index contributed by atoms with van der Waals surface area (Å²) in [6.07, 6.45) is 2.75. The second-order valence-electron chi connectivity index (χ2n) is 4.64. The van der Waals surface area contributed by atoms with Crippen LogP contribution in [0.4, 0.5) is 5.69 Å². The van der Waals surface area contributed by atoms with Crippen molar-refractivity contribution in [1.82, 2.24) is 10.9 Å². The second kappa shape index (κ2) is 7.89. The summed E-state index contributed by atoms with van der Waals surface area (Å²) in [5.41, 5.74) is 4.93. The molecule has 0 saturated carbocycles. The van der Waals surface area contributed by atoms with Crippen LogP contribution in [0.1, 0.15) is 15.9 Å². The Balaban J connectivity index is 1.92. The van der Waals surface area contributed by atoms with E-state index in [-0.39, 0.29) is 11.3 Å². The van der Waals surface area contributed by atoms with Crippen molar-refractivity contribution in [2.45, 2.75) is 0 Å². The maximum Gasteiger partial charge on any atom is 0.270 e. The van der Waals surface area contributed by atoms with Gasteiger partial charge in [-0.2, -0.15) is 0 Å². The Bertz CT molecular complexity index is 820. The number of hydrazine groups is 1. The van der Waals surface area contributed by atoms with Crippen LogP contribution in [0.15, 0.2) is 54.6 Å². The molecule has 7 nitrogen and oxygen atoms in total. The topological polar surface area (TPSA) is 101 Å². The minimum Gasteiger partial charge on any atom is -0.268 e. The fourth-order valence-electron chi connectivity index (χ4n) is 1.78. The van der Waals surface area contributed by atoms with Crippen LogP contribution in [0, 0.1) is 10.1 Å². The predicted molar refractivity (Wildman–Crippen MR) is 89.2 cm³/mol. The molecule has 0 atom stereocenters. The van der Waals surface area contributed by atoms with Gasteiger partial charge in [-0.25, -0.2) is 0 Å². The molecule has 0 aliphatic rings. The molecule has 122 valence electrons. The highest BCUT2D eigenvalue weighted by Gasteiger charge is 2.11. The summed E-state index contributed by atoms with van der Waals surface area (Å²) >= 11 is 5.83. The van der Waals surface area contributed by atoms with Gasteiger partial charge in [0.1, 0.15) is 0 Å². The maximum absolute atomic E-state index is 11.9. The van der Waals surface area contributed by atoms with E-state index in [1.807, 2.05) is 0 Å². The van der Waals surface area contributed by atoms with Crippen LogP contribution >= 0.6 is 11.6 Å². The number of carbonyl (C=O) groups excluding carboxylic acids is 2. The average Bonchev–Trinajstić information content (AvgIpc) is 2.58. The third-order valence-electron chi connectivity index (χ3n) is 2.89. The lowest BCUT2D eigenvalue weighted by Crippen LogP contribution is -2.40. The molecule has 0 aliphatic heterocycles. The molecule has 0 unspecified atom stereocenters. The van der Waals surface area contributed by atoms with Gasteiger partial charge in [0.2, 0.25) is 0 Å². The SMILES string of the molecule is O=C(/C=C/c1cccc(Cl)c1)NNC(=O)c1cccc([N+](=O)[O-])c1. The summed E-state index contributed by atoms with van der Waals surface area (Å²) in [7, 11) is 0. The van der Waals surface area contributed by atoms with E-state index in [9.17, 15) is 19.7 Å². The molecule has 8 heteroatoms. The summed E-state index contributed by atoms with van der Waals surface area (Å²) < 4.78 is 0. The molecule has 0 aliphatic carbocycles. The number of amides is 2. The molecule has 2 aromatic carbocycles. The van der Waals surface area contributed by atoms with E-state index in [1.54, 1.807) is 24.3 Å². The van der Waals surface area contributed by atoms with Crippen LogP contribution in [-0.2, 0) is 4.79 Å². The summed E-state index contributed by atoms with van der Waals surface area (Å²) in [5.74, 6) is -1.23. The molecule has 0 fully saturated rings. The van der Waals surface area contributed by atoms with Crippen LogP contribution in [-0.4, -0.2) is 16.7 Å². The number of hydrogen-bond donors (Lipinski definition) is 2. The van der Waals surface area contributed by atoms with Gasteiger partial charge < -0.3 is 0 Å². The highest BCUT2D eigenvalue weighted by Crippen LogP contribution is 2.13. The van der Waals surface area contributed by atoms with Crippen molar-refractivity contribution < 1.29 is 14.5 Å². The summed E-state index contributed by atoms with van der Waals surface area (Å²) in [6, 6.07) is 12.0. The Hall–Kier alpha value is -3.19. The Morgan fingerprint density at radius 3 is 2.54 bits per heavy atom. The van der Waals surface area contributed by atoms with E-state index in [4.69, 9.17) is 11.6 Å². The molecule has 2 N–H and O–H groups in total. The largest absolute Gasteiger partial charge is 0.270 e. The van der Waals surface area contributed by atoms with Crippen LogP contribution in [0.2, 0.25) is 5.02 Å². The van der Waals surface area contributed by atoms with Crippen molar-refractivity contribution in [3.05, 3.63) is 80.9 Å². The summed E-state index contributed by atoms with van der Waals surface area (Å²) in [6.45, 7) is 0. The van der Waals surface area contributed by atoms with Crippen molar-refractivity contribution in [2.75, 3.05) is 0 Å². The Morgan fingerprint density at radius 2 is 1.83 bits per heavy atom. The third kappa shape index (κ3) is 4.92. The van der Waals surface area contributed by atoms with Crippen molar-refractivity contribution in [3.8, 4) is 0 Å². The normalized spacial score (nSPS) is 10.4. The smallest absolute Gasteiger partial charge is 0.268 e. The van der Waals surface area contributed by atoms with Gasteiger partial charge >= 0.3 is 0 Å². The molecule has 0 bridgehead atoms.